The zero-order valence-corrected chi connectivity index (χ0v) is 17.3. The van der Waals surface area contributed by atoms with E-state index in [2.05, 4.69) is 28.6 Å². The Balaban J connectivity index is 5.38. The molecule has 0 aromatic carbocycles. The molecule has 0 saturated carbocycles. The number of carboxylic acid groups (broad SMARTS) is 1. The Bertz CT molecular complexity index is 629. The van der Waals surface area contributed by atoms with Gasteiger partial charge in [0.15, 0.2) is 0 Å². The number of thiol groups is 1. The van der Waals surface area contributed by atoms with Gasteiger partial charge in [0, 0.05) is 5.75 Å². The van der Waals surface area contributed by atoms with Crippen molar-refractivity contribution >= 4 is 42.2 Å². The maximum absolute atomic E-state index is 12.5. The van der Waals surface area contributed by atoms with E-state index in [0.717, 1.165) is 0 Å². The number of nitrogens with two attached hydrogens (primary N) is 2. The molecule has 0 saturated heterocycles. The predicted molar refractivity (Wildman–Crippen MR) is 106 cm³/mol. The van der Waals surface area contributed by atoms with E-state index in [0.29, 0.717) is 0 Å². The molecule has 5 unspecified atom stereocenters. The third-order valence-electron chi connectivity index (χ3n) is 3.92. The van der Waals surface area contributed by atoms with Gasteiger partial charge >= 0.3 is 5.97 Å². The first-order valence-electron chi connectivity index (χ1n) is 8.78. The fraction of sp³-hybridized carbons (Fsp3) is 0.688. The second kappa shape index (κ2) is 12.2. The van der Waals surface area contributed by atoms with E-state index in [1.165, 1.54) is 6.92 Å². The number of aliphatic hydroxyl groups is 1. The molecule has 0 fully saturated rings. The summed E-state index contributed by atoms with van der Waals surface area (Å²) in [7, 11) is 0. The van der Waals surface area contributed by atoms with E-state index in [1.54, 1.807) is 13.8 Å². The highest BCUT2D eigenvalue weighted by molar-refractivity contribution is 7.80. The van der Waals surface area contributed by atoms with Crippen LogP contribution in [0.15, 0.2) is 0 Å². The van der Waals surface area contributed by atoms with Gasteiger partial charge < -0.3 is 37.6 Å². The van der Waals surface area contributed by atoms with Crippen molar-refractivity contribution in [2.24, 2.45) is 17.4 Å². The number of aliphatic carboxylic acids is 1. The summed E-state index contributed by atoms with van der Waals surface area (Å²) in [6.07, 6.45) is -2.00. The van der Waals surface area contributed by atoms with Crippen LogP contribution in [0.5, 0.6) is 0 Å². The fourth-order valence-electron chi connectivity index (χ4n) is 2.09. The zero-order valence-electron chi connectivity index (χ0n) is 16.4. The van der Waals surface area contributed by atoms with E-state index in [9.17, 15) is 29.1 Å². The number of amides is 4. The summed E-state index contributed by atoms with van der Waals surface area (Å²) in [6, 6.07) is -5.32. The topological polar surface area (TPSA) is 214 Å². The third kappa shape index (κ3) is 9.11. The highest BCUT2D eigenvalue weighted by Gasteiger charge is 2.33. The van der Waals surface area contributed by atoms with Crippen LogP contribution in [0.2, 0.25) is 0 Å². The van der Waals surface area contributed by atoms with Crippen LogP contribution in [0.3, 0.4) is 0 Å². The minimum Gasteiger partial charge on any atom is -0.480 e. The molecule has 166 valence electrons. The number of rotatable bonds is 12. The molecule has 0 aliphatic heterocycles. The lowest BCUT2D eigenvalue weighted by Gasteiger charge is -2.26. The van der Waals surface area contributed by atoms with Gasteiger partial charge in [0.05, 0.1) is 18.6 Å². The Labute approximate surface area is 173 Å². The van der Waals surface area contributed by atoms with Crippen LogP contribution < -0.4 is 27.4 Å². The molecule has 0 aliphatic carbocycles. The van der Waals surface area contributed by atoms with Crippen LogP contribution in [-0.4, -0.2) is 75.8 Å². The molecule has 0 aliphatic rings. The summed E-state index contributed by atoms with van der Waals surface area (Å²) in [5, 5.41) is 25.4. The molecule has 0 aromatic heterocycles. The lowest BCUT2D eigenvalue weighted by molar-refractivity contribution is -0.142. The van der Waals surface area contributed by atoms with Crippen LogP contribution in [-0.2, 0) is 24.0 Å². The van der Waals surface area contributed by atoms with Crippen molar-refractivity contribution in [3.8, 4) is 0 Å². The molecule has 4 amide bonds. The van der Waals surface area contributed by atoms with Gasteiger partial charge in [-0.1, -0.05) is 13.8 Å². The quantitative estimate of drug-likeness (QED) is 0.145. The summed E-state index contributed by atoms with van der Waals surface area (Å²) in [6.45, 7) is 4.56. The van der Waals surface area contributed by atoms with Crippen LogP contribution in [0.4, 0.5) is 0 Å². The summed E-state index contributed by atoms with van der Waals surface area (Å²) >= 11 is 3.81. The lowest BCUT2D eigenvalue weighted by Crippen LogP contribution is -2.60. The van der Waals surface area contributed by atoms with Gasteiger partial charge in [-0.2, -0.15) is 12.6 Å². The number of nitrogens with one attached hydrogen (secondary N) is 3. The number of carbonyl (C=O) groups is 5. The smallest absolute Gasteiger partial charge is 0.327 e. The first-order valence-corrected chi connectivity index (χ1v) is 9.41. The van der Waals surface area contributed by atoms with Crippen molar-refractivity contribution < 1.29 is 34.2 Å². The molecule has 5 atom stereocenters. The Morgan fingerprint density at radius 3 is 1.83 bits per heavy atom. The number of hydrogen-bond donors (Lipinski definition) is 8. The lowest BCUT2D eigenvalue weighted by atomic mass is 10.0. The van der Waals surface area contributed by atoms with Gasteiger partial charge in [-0.3, -0.25) is 19.2 Å². The molecular weight excluding hydrogens is 406 g/mol. The number of primary amides is 1. The number of carbonyl (C=O) groups excluding carboxylic acids is 4. The minimum atomic E-state index is -1.56. The normalized spacial score (nSPS) is 16.1. The second-order valence-electron chi connectivity index (χ2n) is 6.81. The third-order valence-corrected chi connectivity index (χ3v) is 4.28. The van der Waals surface area contributed by atoms with Gasteiger partial charge in [0.25, 0.3) is 0 Å². The molecule has 0 rings (SSSR count). The van der Waals surface area contributed by atoms with Crippen LogP contribution in [0, 0.1) is 5.92 Å². The zero-order chi connectivity index (χ0) is 22.9. The Kier molecular flexibility index (Phi) is 11.2. The van der Waals surface area contributed by atoms with E-state index >= 15 is 0 Å². The number of aliphatic hydroxyl groups excluding tert-OH is 1. The maximum Gasteiger partial charge on any atom is 0.327 e. The van der Waals surface area contributed by atoms with Gasteiger partial charge in [0.1, 0.15) is 18.1 Å². The maximum atomic E-state index is 12.5. The standard InChI is InChI=1S/C16H29N5O7S/c1-6(2)11(18)14(25)19-8(4-10(17)23)13(24)21-12(7(3)22)15(26)20-9(5-29)16(27)28/h6-9,11-12,22,29H,4-5,18H2,1-3H3,(H2,17,23)(H,19,25)(H,20,26)(H,21,24)(H,27,28). The van der Waals surface area contributed by atoms with Crippen molar-refractivity contribution in [2.45, 2.75) is 57.5 Å². The van der Waals surface area contributed by atoms with E-state index in [-0.39, 0.29) is 11.7 Å². The summed E-state index contributed by atoms with van der Waals surface area (Å²) in [4.78, 5) is 59.2. The highest BCUT2D eigenvalue weighted by atomic mass is 32.1. The first-order chi connectivity index (χ1) is 13.3. The number of hydrogen-bond acceptors (Lipinski definition) is 8. The summed E-state index contributed by atoms with van der Waals surface area (Å²) in [5.41, 5.74) is 10.8. The van der Waals surface area contributed by atoms with Crippen LogP contribution in [0.25, 0.3) is 0 Å². The SMILES string of the molecule is CC(C)C(N)C(=O)NC(CC(N)=O)C(=O)NC(C(=O)NC(CS)C(=O)O)C(C)O. The van der Waals surface area contributed by atoms with Gasteiger partial charge in [-0.15, -0.1) is 0 Å². The molecule has 0 bridgehead atoms. The fourth-order valence-corrected chi connectivity index (χ4v) is 2.33. The first kappa shape index (κ1) is 26.6. The summed E-state index contributed by atoms with van der Waals surface area (Å²) < 4.78 is 0. The van der Waals surface area contributed by atoms with Crippen molar-refractivity contribution in [1.29, 1.82) is 0 Å². The van der Waals surface area contributed by atoms with E-state index in [4.69, 9.17) is 16.6 Å². The van der Waals surface area contributed by atoms with Gasteiger partial charge in [-0.05, 0) is 12.8 Å². The summed E-state index contributed by atoms with van der Waals surface area (Å²) in [5.74, 6) is -5.41. The monoisotopic (exact) mass is 435 g/mol. The molecule has 0 spiro atoms. The van der Waals surface area contributed by atoms with E-state index in [1.807, 2.05) is 0 Å². The highest BCUT2D eigenvalue weighted by Crippen LogP contribution is 2.03. The van der Waals surface area contributed by atoms with Crippen molar-refractivity contribution in [1.82, 2.24) is 16.0 Å². The van der Waals surface area contributed by atoms with Crippen LogP contribution in [0.1, 0.15) is 27.2 Å². The minimum absolute atomic E-state index is 0.227. The molecule has 0 heterocycles. The molecule has 0 radical (unpaired) electrons. The average Bonchev–Trinajstić information content (AvgIpc) is 2.61. The largest absolute Gasteiger partial charge is 0.480 e. The van der Waals surface area contributed by atoms with Crippen molar-refractivity contribution in [2.75, 3.05) is 5.75 Å². The van der Waals surface area contributed by atoms with Crippen LogP contribution >= 0.6 is 12.6 Å². The molecule has 12 nitrogen and oxygen atoms in total. The second-order valence-corrected chi connectivity index (χ2v) is 7.18. The average molecular weight is 436 g/mol. The molecule has 13 heteroatoms. The molecule has 0 aromatic rings. The van der Waals surface area contributed by atoms with Gasteiger partial charge in [-0.25, -0.2) is 4.79 Å². The van der Waals surface area contributed by atoms with Crippen molar-refractivity contribution in [3.05, 3.63) is 0 Å². The Hall–Kier alpha value is -2.38. The molecule has 9 N–H and O–H groups in total. The Morgan fingerprint density at radius 1 is 0.931 bits per heavy atom. The van der Waals surface area contributed by atoms with Crippen molar-refractivity contribution in [3.63, 3.8) is 0 Å². The molecular formula is C16H29N5O7S. The van der Waals surface area contributed by atoms with E-state index < -0.39 is 66.3 Å². The van der Waals surface area contributed by atoms with Gasteiger partial charge in [0.2, 0.25) is 23.6 Å². The predicted octanol–water partition coefficient (Wildman–Crippen LogP) is -3.31. The molecule has 29 heavy (non-hydrogen) atoms. The Morgan fingerprint density at radius 2 is 1.45 bits per heavy atom. The number of carboxylic acids is 1.